The molecule has 0 spiro atoms. The lowest BCUT2D eigenvalue weighted by molar-refractivity contribution is -0.155. The average Bonchev–Trinajstić information content (AvgIpc) is 2.11. The zero-order chi connectivity index (χ0) is 11.0. The lowest BCUT2D eigenvalue weighted by Gasteiger charge is -1.99. The van der Waals surface area contributed by atoms with Crippen LogP contribution in [-0.2, 0) is 14.3 Å². The topological polar surface area (TPSA) is 43.4 Å². The number of ether oxygens (including phenoxy) is 1. The van der Waals surface area contributed by atoms with E-state index >= 15 is 0 Å². The van der Waals surface area contributed by atoms with Crippen molar-refractivity contribution in [3.05, 3.63) is 11.6 Å². The van der Waals surface area contributed by atoms with E-state index in [1.54, 1.807) is 6.92 Å². The molecule has 0 N–H and O–H groups in total. The minimum atomic E-state index is -0.559. The van der Waals surface area contributed by atoms with E-state index in [1.807, 2.05) is 6.08 Å². The molecule has 0 radical (unpaired) electrons. The molecule has 3 heteroatoms. The molecule has 0 rings (SSSR count). The average molecular weight is 198 g/mol. The van der Waals surface area contributed by atoms with Crippen LogP contribution in [0.3, 0.4) is 0 Å². The minimum Gasteiger partial charge on any atom is -0.390 e. The van der Waals surface area contributed by atoms with Crippen molar-refractivity contribution in [1.82, 2.24) is 0 Å². The summed E-state index contributed by atoms with van der Waals surface area (Å²) in [6, 6.07) is 0. The molecule has 0 amide bonds. The summed E-state index contributed by atoms with van der Waals surface area (Å²) in [5, 5.41) is 0. The van der Waals surface area contributed by atoms with Gasteiger partial charge in [0.15, 0.2) is 0 Å². The maximum absolute atomic E-state index is 11.1. The largest absolute Gasteiger partial charge is 0.390 e. The van der Waals surface area contributed by atoms with Gasteiger partial charge in [-0.1, -0.05) is 25.8 Å². The highest BCUT2D eigenvalue weighted by molar-refractivity contribution is 5.95. The van der Waals surface area contributed by atoms with Gasteiger partial charge in [-0.25, -0.2) is 4.79 Å². The number of unbranched alkanes of at least 4 members (excludes halogenated alkanes) is 3. The Morgan fingerprint density at radius 2 is 1.86 bits per heavy atom. The van der Waals surface area contributed by atoms with Crippen LogP contribution >= 0.6 is 0 Å². The number of carbonyl (C=O) groups is 2. The van der Waals surface area contributed by atoms with E-state index in [9.17, 15) is 9.59 Å². The van der Waals surface area contributed by atoms with Crippen LogP contribution in [0.2, 0.25) is 0 Å². The molecule has 0 saturated carbocycles. The Kier molecular flexibility index (Phi) is 6.72. The SMILES string of the molecule is CCCCCC=C(C)C(=O)OC(C)=O. The number of hydrogen-bond donors (Lipinski definition) is 0. The summed E-state index contributed by atoms with van der Waals surface area (Å²) in [7, 11) is 0. The summed E-state index contributed by atoms with van der Waals surface area (Å²) < 4.78 is 4.42. The second-order valence-corrected chi connectivity index (χ2v) is 3.26. The van der Waals surface area contributed by atoms with E-state index in [0.29, 0.717) is 5.57 Å². The Morgan fingerprint density at radius 1 is 1.21 bits per heavy atom. The maximum atomic E-state index is 11.1. The standard InChI is InChI=1S/C11H18O3/c1-4-5-6-7-8-9(2)11(13)14-10(3)12/h8H,4-7H2,1-3H3. The molecule has 0 aliphatic carbocycles. The van der Waals surface area contributed by atoms with Crippen molar-refractivity contribution >= 4 is 11.9 Å². The van der Waals surface area contributed by atoms with Crippen LogP contribution in [0.1, 0.15) is 46.5 Å². The van der Waals surface area contributed by atoms with Gasteiger partial charge in [0.1, 0.15) is 0 Å². The van der Waals surface area contributed by atoms with Crippen molar-refractivity contribution in [3.63, 3.8) is 0 Å². The van der Waals surface area contributed by atoms with Gasteiger partial charge in [-0.15, -0.1) is 0 Å². The summed E-state index contributed by atoms with van der Waals surface area (Å²) in [5.41, 5.74) is 0.510. The first-order valence-electron chi connectivity index (χ1n) is 4.97. The predicted molar refractivity (Wildman–Crippen MR) is 54.7 cm³/mol. The molecule has 0 atom stereocenters. The van der Waals surface area contributed by atoms with E-state index in [2.05, 4.69) is 11.7 Å². The van der Waals surface area contributed by atoms with Crippen LogP contribution in [0.4, 0.5) is 0 Å². The fourth-order valence-corrected chi connectivity index (χ4v) is 1.01. The first-order chi connectivity index (χ1) is 6.57. The number of esters is 2. The second kappa shape index (κ2) is 7.30. The van der Waals surface area contributed by atoms with Gasteiger partial charge in [0.25, 0.3) is 0 Å². The summed E-state index contributed by atoms with van der Waals surface area (Å²) in [6.07, 6.45) is 6.07. The van der Waals surface area contributed by atoms with Crippen molar-refractivity contribution in [3.8, 4) is 0 Å². The van der Waals surface area contributed by atoms with E-state index in [0.717, 1.165) is 25.7 Å². The maximum Gasteiger partial charge on any atom is 0.341 e. The van der Waals surface area contributed by atoms with Crippen molar-refractivity contribution in [1.29, 1.82) is 0 Å². The third-order valence-corrected chi connectivity index (χ3v) is 1.82. The van der Waals surface area contributed by atoms with Crippen molar-refractivity contribution in [2.24, 2.45) is 0 Å². The van der Waals surface area contributed by atoms with Gasteiger partial charge in [0.2, 0.25) is 0 Å². The lowest BCUT2D eigenvalue weighted by atomic mass is 10.1. The minimum absolute atomic E-state index is 0.510. The highest BCUT2D eigenvalue weighted by Crippen LogP contribution is 2.04. The van der Waals surface area contributed by atoms with Crippen LogP contribution in [0.15, 0.2) is 11.6 Å². The van der Waals surface area contributed by atoms with Gasteiger partial charge < -0.3 is 4.74 Å². The van der Waals surface area contributed by atoms with E-state index < -0.39 is 11.9 Å². The Hall–Kier alpha value is -1.12. The molecular formula is C11H18O3. The normalized spacial score (nSPS) is 11.2. The lowest BCUT2D eigenvalue weighted by Crippen LogP contribution is -2.09. The summed E-state index contributed by atoms with van der Waals surface area (Å²) in [5.74, 6) is -1.09. The third kappa shape index (κ3) is 6.40. The molecule has 0 aliphatic heterocycles. The van der Waals surface area contributed by atoms with Crippen LogP contribution in [-0.4, -0.2) is 11.9 Å². The van der Waals surface area contributed by atoms with Crippen LogP contribution in [0.25, 0.3) is 0 Å². The summed E-state index contributed by atoms with van der Waals surface area (Å²) in [6.45, 7) is 5.01. The van der Waals surface area contributed by atoms with Gasteiger partial charge in [-0.05, 0) is 19.8 Å². The molecule has 80 valence electrons. The number of hydrogen-bond acceptors (Lipinski definition) is 3. The Labute approximate surface area is 85.1 Å². The van der Waals surface area contributed by atoms with Crippen LogP contribution in [0, 0.1) is 0 Å². The van der Waals surface area contributed by atoms with Crippen molar-refractivity contribution < 1.29 is 14.3 Å². The van der Waals surface area contributed by atoms with Gasteiger partial charge in [-0.2, -0.15) is 0 Å². The van der Waals surface area contributed by atoms with E-state index in [4.69, 9.17) is 0 Å². The Bertz CT molecular complexity index is 229. The molecule has 3 nitrogen and oxygen atoms in total. The molecule has 0 aromatic rings. The smallest absolute Gasteiger partial charge is 0.341 e. The van der Waals surface area contributed by atoms with Crippen molar-refractivity contribution in [2.75, 3.05) is 0 Å². The predicted octanol–water partition coefficient (Wildman–Crippen LogP) is 2.60. The molecule has 0 fully saturated rings. The molecule has 0 aromatic heterocycles. The third-order valence-electron chi connectivity index (χ3n) is 1.82. The number of rotatable bonds is 5. The Morgan fingerprint density at radius 3 is 2.36 bits per heavy atom. The number of allylic oxidation sites excluding steroid dienone is 1. The first-order valence-corrected chi connectivity index (χ1v) is 4.97. The quantitative estimate of drug-likeness (QED) is 0.295. The first kappa shape index (κ1) is 12.9. The molecule has 0 saturated heterocycles. The highest BCUT2D eigenvalue weighted by atomic mass is 16.6. The van der Waals surface area contributed by atoms with E-state index in [1.165, 1.54) is 6.92 Å². The molecular weight excluding hydrogens is 180 g/mol. The van der Waals surface area contributed by atoms with Crippen molar-refractivity contribution in [2.45, 2.75) is 46.5 Å². The van der Waals surface area contributed by atoms with Crippen LogP contribution < -0.4 is 0 Å². The molecule has 0 heterocycles. The summed E-state index contributed by atoms with van der Waals surface area (Å²) in [4.78, 5) is 21.6. The second-order valence-electron chi connectivity index (χ2n) is 3.26. The molecule has 14 heavy (non-hydrogen) atoms. The van der Waals surface area contributed by atoms with E-state index in [-0.39, 0.29) is 0 Å². The Balaban J connectivity index is 3.85. The van der Waals surface area contributed by atoms with Gasteiger partial charge in [0, 0.05) is 12.5 Å². The molecule has 0 aliphatic rings. The fourth-order valence-electron chi connectivity index (χ4n) is 1.01. The van der Waals surface area contributed by atoms with Gasteiger partial charge in [-0.3, -0.25) is 4.79 Å². The van der Waals surface area contributed by atoms with Crippen LogP contribution in [0.5, 0.6) is 0 Å². The molecule has 0 unspecified atom stereocenters. The summed E-state index contributed by atoms with van der Waals surface area (Å²) >= 11 is 0. The van der Waals surface area contributed by atoms with Gasteiger partial charge >= 0.3 is 11.9 Å². The fraction of sp³-hybridized carbons (Fsp3) is 0.636. The monoisotopic (exact) mass is 198 g/mol. The van der Waals surface area contributed by atoms with Gasteiger partial charge in [0.05, 0.1) is 0 Å². The molecule has 0 bridgehead atoms. The zero-order valence-corrected chi connectivity index (χ0v) is 9.13. The number of carbonyl (C=O) groups excluding carboxylic acids is 2. The zero-order valence-electron chi connectivity index (χ0n) is 9.13. The highest BCUT2D eigenvalue weighted by Gasteiger charge is 2.07. The molecule has 0 aromatic carbocycles.